The third kappa shape index (κ3) is 5.71. The van der Waals surface area contributed by atoms with Gasteiger partial charge < -0.3 is 19.9 Å². The van der Waals surface area contributed by atoms with Gasteiger partial charge in [0.25, 0.3) is 5.91 Å². The molecule has 1 aromatic carbocycles. The van der Waals surface area contributed by atoms with Crippen molar-refractivity contribution in [3.63, 3.8) is 0 Å². The fourth-order valence-corrected chi connectivity index (χ4v) is 4.24. The molecule has 1 N–H and O–H groups in total. The number of rotatable bonds is 5. The number of morpholine rings is 1. The first-order chi connectivity index (χ1) is 14.2. The van der Waals surface area contributed by atoms with Crippen LogP contribution in [0.3, 0.4) is 0 Å². The zero-order chi connectivity index (χ0) is 21.8. The van der Waals surface area contributed by atoms with Crippen LogP contribution in [0.4, 0.5) is 10.5 Å². The van der Waals surface area contributed by atoms with E-state index in [0.29, 0.717) is 41.0 Å². The molecule has 3 amide bonds. The van der Waals surface area contributed by atoms with E-state index in [1.54, 1.807) is 39.4 Å². The highest BCUT2D eigenvalue weighted by Gasteiger charge is 2.28. The normalized spacial score (nSPS) is 19.1. The number of hydrogen-bond donors (Lipinski definition) is 1. The van der Waals surface area contributed by atoms with Gasteiger partial charge in [-0.3, -0.25) is 4.79 Å². The summed E-state index contributed by atoms with van der Waals surface area (Å²) in [5.41, 5.74) is 1.08. The molecule has 0 aliphatic carbocycles. The number of nitrogens with one attached hydrogen (secondary N) is 1. The Bertz CT molecular complexity index is 877. The fraction of sp³-hybridized carbons (Fsp3) is 0.476. The number of amides is 3. The average Bonchev–Trinajstić information content (AvgIpc) is 3.15. The third-order valence-electron chi connectivity index (χ3n) is 4.76. The van der Waals surface area contributed by atoms with E-state index < -0.39 is 0 Å². The van der Waals surface area contributed by atoms with Crippen molar-refractivity contribution in [3.05, 3.63) is 45.4 Å². The van der Waals surface area contributed by atoms with E-state index in [1.165, 1.54) is 11.3 Å². The molecule has 1 aliphatic rings. The van der Waals surface area contributed by atoms with Crippen LogP contribution >= 0.6 is 22.9 Å². The maximum absolute atomic E-state index is 12.8. The topological polar surface area (TPSA) is 74.8 Å². The Morgan fingerprint density at radius 1 is 1.27 bits per heavy atom. The van der Waals surface area contributed by atoms with Crippen molar-refractivity contribution in [2.24, 2.45) is 0 Å². The van der Waals surface area contributed by atoms with Crippen LogP contribution in [0.15, 0.2) is 29.6 Å². The van der Waals surface area contributed by atoms with E-state index >= 15 is 0 Å². The van der Waals surface area contributed by atoms with Crippen LogP contribution in [-0.2, 0) is 11.3 Å². The zero-order valence-electron chi connectivity index (χ0n) is 17.6. The van der Waals surface area contributed by atoms with Crippen LogP contribution in [0.2, 0.25) is 5.02 Å². The molecule has 7 nitrogen and oxygen atoms in total. The molecular weight excluding hydrogens is 424 g/mol. The van der Waals surface area contributed by atoms with Crippen molar-refractivity contribution in [2.45, 2.75) is 52.5 Å². The van der Waals surface area contributed by atoms with Gasteiger partial charge in [0, 0.05) is 35.2 Å². The number of aromatic nitrogens is 1. The smallest absolute Gasteiger partial charge is 0.322 e. The summed E-state index contributed by atoms with van der Waals surface area (Å²) in [7, 11) is 0. The Morgan fingerprint density at radius 3 is 2.50 bits per heavy atom. The molecule has 0 radical (unpaired) electrons. The Labute approximate surface area is 186 Å². The SMILES string of the molecule is CC1CN(C(=O)c2csc(CN(C(=O)Nc3ccc(Cl)cc3)C(C)C)n2)CC(C)O1. The number of carbonyl (C=O) groups excluding carboxylic acids is 2. The second-order valence-electron chi connectivity index (χ2n) is 7.75. The molecule has 1 aliphatic heterocycles. The van der Waals surface area contributed by atoms with Gasteiger partial charge in [-0.05, 0) is 52.0 Å². The van der Waals surface area contributed by atoms with E-state index in [2.05, 4.69) is 10.3 Å². The highest BCUT2D eigenvalue weighted by Crippen LogP contribution is 2.20. The second-order valence-corrected chi connectivity index (χ2v) is 9.13. The maximum Gasteiger partial charge on any atom is 0.322 e. The van der Waals surface area contributed by atoms with Gasteiger partial charge in [0.05, 0.1) is 18.8 Å². The fourth-order valence-electron chi connectivity index (χ4n) is 3.35. The number of nitrogens with zero attached hydrogens (tertiary/aromatic N) is 3. The highest BCUT2D eigenvalue weighted by atomic mass is 35.5. The van der Waals surface area contributed by atoms with Crippen LogP contribution < -0.4 is 5.32 Å². The molecule has 3 rings (SSSR count). The number of thiazole rings is 1. The lowest BCUT2D eigenvalue weighted by Gasteiger charge is -2.34. The number of hydrogen-bond acceptors (Lipinski definition) is 5. The zero-order valence-corrected chi connectivity index (χ0v) is 19.2. The highest BCUT2D eigenvalue weighted by molar-refractivity contribution is 7.09. The van der Waals surface area contributed by atoms with Crippen LogP contribution in [-0.4, -0.2) is 58.1 Å². The lowest BCUT2D eigenvalue weighted by atomic mass is 10.2. The molecule has 30 heavy (non-hydrogen) atoms. The van der Waals surface area contributed by atoms with E-state index in [-0.39, 0.29) is 30.2 Å². The van der Waals surface area contributed by atoms with Gasteiger partial charge >= 0.3 is 6.03 Å². The first kappa shape index (κ1) is 22.5. The number of benzene rings is 1. The lowest BCUT2D eigenvalue weighted by molar-refractivity contribution is -0.0587. The Morgan fingerprint density at radius 2 is 1.90 bits per heavy atom. The van der Waals surface area contributed by atoms with Crippen LogP contribution in [0, 0.1) is 0 Å². The molecular formula is C21H27ClN4O3S. The summed E-state index contributed by atoms with van der Waals surface area (Å²) in [6.45, 7) is 9.24. The van der Waals surface area contributed by atoms with Crippen molar-refractivity contribution in [2.75, 3.05) is 18.4 Å². The minimum atomic E-state index is -0.230. The van der Waals surface area contributed by atoms with Gasteiger partial charge in [-0.15, -0.1) is 11.3 Å². The summed E-state index contributed by atoms with van der Waals surface area (Å²) in [5.74, 6) is -0.0961. The summed E-state index contributed by atoms with van der Waals surface area (Å²) in [5, 5.41) is 5.96. The van der Waals surface area contributed by atoms with Gasteiger partial charge in [0.1, 0.15) is 10.7 Å². The number of anilines is 1. The maximum atomic E-state index is 12.8. The summed E-state index contributed by atoms with van der Waals surface area (Å²) in [6.07, 6.45) is 0.00704. The molecule has 1 saturated heterocycles. The molecule has 2 atom stereocenters. The standard InChI is InChI=1S/C21H27ClN4O3S/c1-13(2)26(21(28)23-17-7-5-16(22)6-8-17)11-19-24-18(12-30-19)20(27)25-9-14(3)29-15(4)10-25/h5-8,12-15H,9-11H2,1-4H3,(H,23,28). The van der Waals surface area contributed by atoms with Crippen molar-refractivity contribution < 1.29 is 14.3 Å². The predicted octanol–water partition coefficient (Wildman–Crippen LogP) is 4.49. The first-order valence-corrected chi connectivity index (χ1v) is 11.2. The quantitative estimate of drug-likeness (QED) is 0.728. The van der Waals surface area contributed by atoms with Crippen molar-refractivity contribution in [1.82, 2.24) is 14.8 Å². The Hall–Kier alpha value is -2.16. The monoisotopic (exact) mass is 450 g/mol. The first-order valence-electron chi connectivity index (χ1n) is 9.95. The van der Waals surface area contributed by atoms with Gasteiger partial charge in [0.2, 0.25) is 0 Å². The van der Waals surface area contributed by atoms with Crippen LogP contribution in [0.5, 0.6) is 0 Å². The summed E-state index contributed by atoms with van der Waals surface area (Å²) < 4.78 is 5.70. The molecule has 2 aromatic rings. The number of carbonyl (C=O) groups is 2. The molecule has 2 unspecified atom stereocenters. The molecule has 0 spiro atoms. The molecule has 1 aromatic heterocycles. The Kier molecular flexibility index (Phi) is 7.33. The molecule has 162 valence electrons. The van der Waals surface area contributed by atoms with Crippen molar-refractivity contribution in [3.8, 4) is 0 Å². The van der Waals surface area contributed by atoms with E-state index in [1.807, 2.05) is 27.7 Å². The van der Waals surface area contributed by atoms with Crippen LogP contribution in [0.1, 0.15) is 43.2 Å². The summed E-state index contributed by atoms with van der Waals surface area (Å²) in [6, 6.07) is 6.69. The number of urea groups is 1. The molecule has 9 heteroatoms. The largest absolute Gasteiger partial charge is 0.372 e. The molecule has 0 saturated carbocycles. The summed E-state index contributed by atoms with van der Waals surface area (Å²) >= 11 is 7.29. The second kappa shape index (κ2) is 9.76. The Balaban J connectivity index is 1.66. The third-order valence-corrected chi connectivity index (χ3v) is 5.85. The molecule has 2 heterocycles. The van der Waals surface area contributed by atoms with E-state index in [4.69, 9.17) is 16.3 Å². The van der Waals surface area contributed by atoms with Crippen molar-refractivity contribution >= 4 is 40.6 Å². The van der Waals surface area contributed by atoms with E-state index in [0.717, 1.165) is 0 Å². The van der Waals surface area contributed by atoms with Gasteiger partial charge in [-0.1, -0.05) is 11.6 Å². The van der Waals surface area contributed by atoms with Gasteiger partial charge in [-0.25, -0.2) is 9.78 Å². The van der Waals surface area contributed by atoms with Gasteiger partial charge in [-0.2, -0.15) is 0 Å². The average molecular weight is 451 g/mol. The van der Waals surface area contributed by atoms with Crippen LogP contribution in [0.25, 0.3) is 0 Å². The minimum Gasteiger partial charge on any atom is -0.372 e. The summed E-state index contributed by atoms with van der Waals surface area (Å²) in [4.78, 5) is 33.6. The number of ether oxygens (including phenoxy) is 1. The minimum absolute atomic E-state index is 0.00352. The van der Waals surface area contributed by atoms with Crippen molar-refractivity contribution in [1.29, 1.82) is 0 Å². The number of halogens is 1. The molecule has 1 fully saturated rings. The van der Waals surface area contributed by atoms with E-state index in [9.17, 15) is 9.59 Å². The molecule has 0 bridgehead atoms. The lowest BCUT2D eigenvalue weighted by Crippen LogP contribution is -2.48. The predicted molar refractivity (Wildman–Crippen MR) is 119 cm³/mol. The van der Waals surface area contributed by atoms with Gasteiger partial charge in [0.15, 0.2) is 0 Å².